The molecule has 3 rings (SSSR count). The number of halogens is 1. The van der Waals surface area contributed by atoms with Crippen LogP contribution >= 0.6 is 0 Å². The third-order valence-corrected chi connectivity index (χ3v) is 4.80. The molecule has 0 bridgehead atoms. The minimum Gasteiger partial charge on any atom is -0.491 e. The van der Waals surface area contributed by atoms with Gasteiger partial charge in [0, 0.05) is 25.3 Å². The first-order valence-electron chi connectivity index (χ1n) is 10.1. The Labute approximate surface area is 175 Å². The Bertz CT molecular complexity index is 853. The summed E-state index contributed by atoms with van der Waals surface area (Å²) in [7, 11) is 0. The number of β-amino-alcohol motifs (C(OH)–C–C–N with tert-alkyl or cyclic N) is 1. The Morgan fingerprint density at radius 3 is 2.57 bits per heavy atom. The fourth-order valence-electron chi connectivity index (χ4n) is 3.27. The lowest BCUT2D eigenvalue weighted by Crippen LogP contribution is -2.38. The van der Waals surface area contributed by atoms with Gasteiger partial charge < -0.3 is 14.6 Å². The maximum Gasteiger partial charge on any atom is 0.411 e. The smallest absolute Gasteiger partial charge is 0.411 e. The van der Waals surface area contributed by atoms with E-state index in [9.17, 15) is 14.3 Å². The standard InChI is InChI=1S/C23H27FN2O4/c1-2-29-23(28)25-20-7-9-22(10-8-20)30-16-21(27)15-26-13-11-18(12-14-26)17-3-5-19(24)6-4-17/h3-11,21,27H,2,12-16H2,1H3,(H,25,28). The molecule has 2 aromatic rings. The molecule has 160 valence electrons. The van der Waals surface area contributed by atoms with E-state index in [1.165, 1.54) is 17.7 Å². The molecule has 0 radical (unpaired) electrons. The van der Waals surface area contributed by atoms with Gasteiger partial charge in [-0.15, -0.1) is 0 Å². The van der Waals surface area contributed by atoms with Gasteiger partial charge in [0.2, 0.25) is 0 Å². The van der Waals surface area contributed by atoms with Crippen molar-refractivity contribution >= 4 is 17.4 Å². The Morgan fingerprint density at radius 1 is 1.20 bits per heavy atom. The van der Waals surface area contributed by atoms with Crippen LogP contribution in [0.25, 0.3) is 5.57 Å². The average Bonchev–Trinajstić information content (AvgIpc) is 2.75. The molecule has 1 heterocycles. The number of benzene rings is 2. The van der Waals surface area contributed by atoms with Crippen LogP contribution in [0.3, 0.4) is 0 Å². The highest BCUT2D eigenvalue weighted by molar-refractivity contribution is 5.84. The number of aliphatic hydroxyl groups excluding tert-OH is 1. The average molecular weight is 414 g/mol. The lowest BCUT2D eigenvalue weighted by atomic mass is 9.99. The number of nitrogens with one attached hydrogen (secondary N) is 1. The molecule has 1 aliphatic heterocycles. The van der Waals surface area contributed by atoms with Gasteiger partial charge >= 0.3 is 6.09 Å². The topological polar surface area (TPSA) is 71.0 Å². The van der Waals surface area contributed by atoms with E-state index in [2.05, 4.69) is 16.3 Å². The molecule has 0 saturated carbocycles. The molecule has 0 saturated heterocycles. The van der Waals surface area contributed by atoms with E-state index in [-0.39, 0.29) is 12.4 Å². The summed E-state index contributed by atoms with van der Waals surface area (Å²) in [6.45, 7) is 4.30. The van der Waals surface area contributed by atoms with Crippen molar-refractivity contribution in [1.82, 2.24) is 4.90 Å². The van der Waals surface area contributed by atoms with Gasteiger partial charge in [0.1, 0.15) is 24.3 Å². The molecule has 1 atom stereocenters. The number of amides is 1. The summed E-state index contributed by atoms with van der Waals surface area (Å²) < 4.78 is 23.5. The molecule has 0 aromatic heterocycles. The minimum atomic E-state index is -0.622. The maximum atomic E-state index is 13.1. The van der Waals surface area contributed by atoms with Crippen LogP contribution in [0.5, 0.6) is 5.75 Å². The summed E-state index contributed by atoms with van der Waals surface area (Å²) >= 11 is 0. The summed E-state index contributed by atoms with van der Waals surface area (Å²) in [5, 5.41) is 12.9. The van der Waals surface area contributed by atoms with E-state index in [1.54, 1.807) is 43.3 Å². The Kier molecular flexibility index (Phi) is 7.82. The zero-order valence-corrected chi connectivity index (χ0v) is 17.0. The van der Waals surface area contributed by atoms with Gasteiger partial charge in [0.15, 0.2) is 0 Å². The van der Waals surface area contributed by atoms with E-state index in [0.29, 0.717) is 24.6 Å². The van der Waals surface area contributed by atoms with Crippen molar-refractivity contribution < 1.29 is 23.8 Å². The van der Waals surface area contributed by atoms with Crippen molar-refractivity contribution in [1.29, 1.82) is 0 Å². The molecule has 30 heavy (non-hydrogen) atoms. The second-order valence-corrected chi connectivity index (χ2v) is 7.08. The number of carbonyl (C=O) groups is 1. The lowest BCUT2D eigenvalue weighted by Gasteiger charge is -2.28. The minimum absolute atomic E-state index is 0.176. The first-order chi connectivity index (χ1) is 14.5. The fraction of sp³-hybridized carbons (Fsp3) is 0.348. The van der Waals surface area contributed by atoms with Crippen LogP contribution < -0.4 is 10.1 Å². The van der Waals surface area contributed by atoms with Crippen molar-refractivity contribution in [2.24, 2.45) is 0 Å². The van der Waals surface area contributed by atoms with Crippen molar-refractivity contribution in [3.63, 3.8) is 0 Å². The van der Waals surface area contributed by atoms with Gasteiger partial charge in [-0.3, -0.25) is 10.2 Å². The highest BCUT2D eigenvalue weighted by Gasteiger charge is 2.17. The maximum absolute atomic E-state index is 13.1. The lowest BCUT2D eigenvalue weighted by molar-refractivity contribution is 0.0717. The van der Waals surface area contributed by atoms with Gasteiger partial charge in [-0.05, 0) is 60.9 Å². The molecule has 0 aliphatic carbocycles. The van der Waals surface area contributed by atoms with Crippen molar-refractivity contribution in [3.05, 3.63) is 66.0 Å². The molecule has 0 spiro atoms. The zero-order chi connectivity index (χ0) is 21.3. The molecular formula is C23H27FN2O4. The Hall–Kier alpha value is -2.90. The van der Waals surface area contributed by atoms with E-state index in [0.717, 1.165) is 25.1 Å². The number of ether oxygens (including phenoxy) is 2. The molecule has 1 aliphatic rings. The molecular weight excluding hydrogens is 387 g/mol. The number of anilines is 1. The molecule has 1 amide bonds. The van der Waals surface area contributed by atoms with E-state index in [4.69, 9.17) is 9.47 Å². The quantitative estimate of drug-likeness (QED) is 0.685. The summed E-state index contributed by atoms with van der Waals surface area (Å²) in [4.78, 5) is 13.6. The summed E-state index contributed by atoms with van der Waals surface area (Å²) in [6, 6.07) is 13.4. The predicted molar refractivity (Wildman–Crippen MR) is 114 cm³/mol. The van der Waals surface area contributed by atoms with Gasteiger partial charge in [0.25, 0.3) is 0 Å². The Morgan fingerprint density at radius 2 is 1.93 bits per heavy atom. The van der Waals surface area contributed by atoms with Gasteiger partial charge in [-0.25, -0.2) is 9.18 Å². The van der Waals surface area contributed by atoms with Crippen molar-refractivity contribution in [2.45, 2.75) is 19.4 Å². The third-order valence-electron chi connectivity index (χ3n) is 4.80. The van der Waals surface area contributed by atoms with Crippen molar-refractivity contribution in [2.75, 3.05) is 38.2 Å². The van der Waals surface area contributed by atoms with Crippen LogP contribution in [0.4, 0.5) is 14.9 Å². The van der Waals surface area contributed by atoms with Crippen LogP contribution in [-0.4, -0.2) is 55.1 Å². The van der Waals surface area contributed by atoms with Gasteiger partial charge in [0.05, 0.1) is 6.61 Å². The number of carbonyl (C=O) groups excluding carboxylic acids is 1. The van der Waals surface area contributed by atoms with E-state index in [1.807, 2.05) is 0 Å². The van der Waals surface area contributed by atoms with E-state index >= 15 is 0 Å². The van der Waals surface area contributed by atoms with Crippen LogP contribution in [0.1, 0.15) is 18.9 Å². The SMILES string of the molecule is CCOC(=O)Nc1ccc(OCC(O)CN2CC=C(c3ccc(F)cc3)CC2)cc1. The van der Waals surface area contributed by atoms with Crippen LogP contribution in [-0.2, 0) is 4.74 Å². The number of hydrogen-bond donors (Lipinski definition) is 2. The number of aliphatic hydroxyl groups is 1. The van der Waals surface area contributed by atoms with Crippen LogP contribution in [0.2, 0.25) is 0 Å². The molecule has 7 heteroatoms. The zero-order valence-electron chi connectivity index (χ0n) is 17.0. The first-order valence-corrected chi connectivity index (χ1v) is 10.1. The van der Waals surface area contributed by atoms with Gasteiger partial charge in [-0.1, -0.05) is 18.2 Å². The van der Waals surface area contributed by atoms with Crippen molar-refractivity contribution in [3.8, 4) is 5.75 Å². The summed E-state index contributed by atoms with van der Waals surface area (Å²) in [5.41, 5.74) is 2.85. The van der Waals surface area contributed by atoms with Gasteiger partial charge in [-0.2, -0.15) is 0 Å². The normalized spacial score (nSPS) is 15.2. The molecule has 1 unspecified atom stereocenters. The monoisotopic (exact) mass is 414 g/mol. The molecule has 2 N–H and O–H groups in total. The Balaban J connectivity index is 1.41. The van der Waals surface area contributed by atoms with E-state index < -0.39 is 12.2 Å². The fourth-order valence-corrected chi connectivity index (χ4v) is 3.27. The van der Waals surface area contributed by atoms with Crippen LogP contribution in [0, 0.1) is 5.82 Å². The molecule has 2 aromatic carbocycles. The number of rotatable bonds is 8. The highest BCUT2D eigenvalue weighted by Crippen LogP contribution is 2.23. The number of nitrogens with zero attached hydrogens (tertiary/aromatic N) is 1. The highest BCUT2D eigenvalue weighted by atomic mass is 19.1. The third kappa shape index (κ3) is 6.57. The second-order valence-electron chi connectivity index (χ2n) is 7.08. The summed E-state index contributed by atoms with van der Waals surface area (Å²) in [6.07, 6.45) is 1.86. The molecule has 0 fully saturated rings. The molecule has 6 nitrogen and oxygen atoms in total. The first kappa shape index (κ1) is 21.8. The largest absolute Gasteiger partial charge is 0.491 e. The second kappa shape index (κ2) is 10.8. The van der Waals surface area contributed by atoms with Crippen LogP contribution in [0.15, 0.2) is 54.6 Å². The number of hydrogen-bond acceptors (Lipinski definition) is 5. The summed E-state index contributed by atoms with van der Waals surface area (Å²) in [5.74, 6) is 0.380. The predicted octanol–water partition coefficient (Wildman–Crippen LogP) is 3.92.